The minimum atomic E-state index is -0.777. The van der Waals surface area contributed by atoms with Gasteiger partial charge in [-0.2, -0.15) is 0 Å². The Bertz CT molecular complexity index is 299. The molecule has 0 bridgehead atoms. The lowest BCUT2D eigenvalue weighted by Gasteiger charge is -2.27. The molecule has 0 aromatic carbocycles. The van der Waals surface area contributed by atoms with E-state index in [0.717, 1.165) is 0 Å². The Kier molecular flexibility index (Phi) is 5.80. The highest BCUT2D eigenvalue weighted by Crippen LogP contribution is 2.11. The second kappa shape index (κ2) is 6.18. The summed E-state index contributed by atoms with van der Waals surface area (Å²) >= 11 is 0. The minimum absolute atomic E-state index is 0.0952. The van der Waals surface area contributed by atoms with Gasteiger partial charge in [-0.05, 0) is 41.5 Å². The highest BCUT2D eigenvalue weighted by molar-refractivity contribution is 5.83. The fraction of sp³-hybridized carbons (Fsp3) is 0.846. The van der Waals surface area contributed by atoms with Crippen LogP contribution in [0.2, 0.25) is 0 Å². The van der Waals surface area contributed by atoms with E-state index in [0.29, 0.717) is 0 Å². The van der Waals surface area contributed by atoms with Gasteiger partial charge in [-0.15, -0.1) is 0 Å². The van der Waals surface area contributed by atoms with Crippen molar-refractivity contribution in [3.05, 3.63) is 0 Å². The van der Waals surface area contributed by atoms with Gasteiger partial charge in [-0.25, -0.2) is 4.79 Å². The molecule has 5 nitrogen and oxygen atoms in total. The summed E-state index contributed by atoms with van der Waals surface area (Å²) in [5.41, 5.74) is -0.964. The Balaban J connectivity index is 4.57. The minimum Gasteiger partial charge on any atom is -0.458 e. The Morgan fingerprint density at radius 3 is 1.89 bits per heavy atom. The number of hydrogen-bond donors (Lipinski definition) is 1. The molecule has 0 aliphatic carbocycles. The van der Waals surface area contributed by atoms with Gasteiger partial charge in [0.1, 0.15) is 5.60 Å². The summed E-state index contributed by atoms with van der Waals surface area (Å²) in [5.74, 6) is -0.773. The molecule has 106 valence electrons. The van der Waals surface area contributed by atoms with E-state index >= 15 is 0 Å². The van der Waals surface area contributed by atoms with Crippen molar-refractivity contribution in [1.82, 2.24) is 5.32 Å². The second-order valence-corrected chi connectivity index (χ2v) is 6.21. The molecule has 0 saturated carbocycles. The van der Waals surface area contributed by atoms with Crippen LogP contribution in [0.1, 0.15) is 48.5 Å². The van der Waals surface area contributed by atoms with E-state index in [1.165, 1.54) is 6.92 Å². The normalized spacial score (nSPS) is 13.9. The summed E-state index contributed by atoms with van der Waals surface area (Å²) in [4.78, 5) is 23.0. The third kappa shape index (κ3) is 8.98. The predicted molar refractivity (Wildman–Crippen MR) is 69.2 cm³/mol. The van der Waals surface area contributed by atoms with E-state index in [4.69, 9.17) is 9.47 Å². The van der Waals surface area contributed by atoms with Crippen molar-refractivity contribution in [2.24, 2.45) is 0 Å². The van der Waals surface area contributed by atoms with Gasteiger partial charge < -0.3 is 14.8 Å². The Morgan fingerprint density at radius 2 is 1.56 bits per heavy atom. The van der Waals surface area contributed by atoms with Crippen LogP contribution in [0.3, 0.4) is 0 Å². The van der Waals surface area contributed by atoms with Gasteiger partial charge in [0.25, 0.3) is 0 Å². The molecule has 1 N–H and O–H groups in total. The van der Waals surface area contributed by atoms with E-state index in [2.05, 4.69) is 5.32 Å². The molecule has 0 spiro atoms. The summed E-state index contributed by atoms with van der Waals surface area (Å²) in [7, 11) is 0. The van der Waals surface area contributed by atoms with Crippen molar-refractivity contribution >= 4 is 11.9 Å². The number of carbonyl (C=O) groups is 2. The zero-order chi connectivity index (χ0) is 14.6. The van der Waals surface area contributed by atoms with Gasteiger partial charge in [0.2, 0.25) is 5.91 Å². The van der Waals surface area contributed by atoms with Gasteiger partial charge in [-0.1, -0.05) is 0 Å². The van der Waals surface area contributed by atoms with Gasteiger partial charge in [0, 0.05) is 6.92 Å². The number of nitrogens with one attached hydrogen (secondary N) is 1. The van der Waals surface area contributed by atoms with Crippen LogP contribution in [-0.2, 0) is 19.1 Å². The van der Waals surface area contributed by atoms with Crippen molar-refractivity contribution in [1.29, 1.82) is 0 Å². The fourth-order valence-electron chi connectivity index (χ4n) is 1.12. The molecule has 1 atom stereocenters. The summed E-state index contributed by atoms with van der Waals surface area (Å²) in [5, 5.41) is 2.54. The third-order valence-electron chi connectivity index (χ3n) is 1.75. The Labute approximate surface area is 109 Å². The maximum Gasteiger partial charge on any atom is 0.331 e. The molecular formula is C13H25NO4. The number of ether oxygens (including phenoxy) is 2. The third-order valence-corrected chi connectivity index (χ3v) is 1.75. The molecule has 0 heterocycles. The molecule has 0 aromatic rings. The quantitative estimate of drug-likeness (QED) is 0.780. The Morgan fingerprint density at radius 1 is 1.06 bits per heavy atom. The van der Waals surface area contributed by atoms with Crippen LogP contribution >= 0.6 is 0 Å². The molecule has 5 heteroatoms. The van der Waals surface area contributed by atoms with E-state index in [-0.39, 0.29) is 18.1 Å². The van der Waals surface area contributed by atoms with E-state index in [1.807, 2.05) is 20.8 Å². The lowest BCUT2D eigenvalue weighted by atomic mass is 10.1. The highest BCUT2D eigenvalue weighted by atomic mass is 16.6. The smallest absolute Gasteiger partial charge is 0.331 e. The maximum atomic E-state index is 11.9. The summed E-state index contributed by atoms with van der Waals surface area (Å²) in [6.07, 6.45) is 0. The predicted octanol–water partition coefficient (Wildman–Crippen LogP) is 1.65. The molecule has 0 aliphatic heterocycles. The Hall–Kier alpha value is -1.10. The number of rotatable bonds is 4. The first-order chi connectivity index (χ1) is 7.91. The van der Waals surface area contributed by atoms with Crippen LogP contribution in [0, 0.1) is 0 Å². The van der Waals surface area contributed by atoms with Crippen LogP contribution in [0.4, 0.5) is 0 Å². The van der Waals surface area contributed by atoms with Gasteiger partial charge in [0.15, 0.2) is 6.04 Å². The summed E-state index contributed by atoms with van der Waals surface area (Å²) in [6, 6.07) is -0.777. The number of esters is 1. The molecule has 0 rings (SSSR count). The van der Waals surface area contributed by atoms with Gasteiger partial charge in [-0.3, -0.25) is 4.79 Å². The highest BCUT2D eigenvalue weighted by Gasteiger charge is 2.27. The van der Waals surface area contributed by atoms with Crippen LogP contribution < -0.4 is 5.32 Å². The molecule has 0 saturated heterocycles. The van der Waals surface area contributed by atoms with Crippen LogP contribution in [0.15, 0.2) is 0 Å². The number of amides is 1. The molecule has 1 amide bonds. The van der Waals surface area contributed by atoms with Gasteiger partial charge in [0.05, 0.1) is 12.2 Å². The first kappa shape index (κ1) is 16.9. The average Bonchev–Trinajstić information content (AvgIpc) is 2.06. The van der Waals surface area contributed by atoms with Crippen LogP contribution in [0.5, 0.6) is 0 Å². The van der Waals surface area contributed by atoms with Crippen molar-refractivity contribution in [2.75, 3.05) is 6.61 Å². The van der Waals surface area contributed by atoms with E-state index in [1.54, 1.807) is 20.8 Å². The van der Waals surface area contributed by atoms with E-state index in [9.17, 15) is 9.59 Å². The topological polar surface area (TPSA) is 64.6 Å². The lowest BCUT2D eigenvalue weighted by Crippen LogP contribution is -2.47. The lowest BCUT2D eigenvalue weighted by molar-refractivity contribution is -0.161. The molecule has 1 unspecified atom stereocenters. The largest absolute Gasteiger partial charge is 0.458 e. The van der Waals surface area contributed by atoms with Crippen molar-refractivity contribution in [2.45, 2.75) is 65.7 Å². The molecule has 0 radical (unpaired) electrons. The second-order valence-electron chi connectivity index (χ2n) is 6.21. The SMILES string of the molecule is CC(=O)NC(COC(C)(C)C)C(=O)OC(C)(C)C. The molecule has 0 aliphatic rings. The number of hydrogen-bond acceptors (Lipinski definition) is 4. The van der Waals surface area contributed by atoms with Crippen molar-refractivity contribution < 1.29 is 19.1 Å². The standard InChI is InChI=1S/C13H25NO4/c1-9(15)14-10(8-17-12(2,3)4)11(16)18-13(5,6)7/h10H,8H2,1-7H3,(H,14,15). The first-order valence-corrected chi connectivity index (χ1v) is 6.04. The maximum absolute atomic E-state index is 11.9. The van der Waals surface area contributed by atoms with Crippen LogP contribution in [-0.4, -0.2) is 35.7 Å². The van der Waals surface area contributed by atoms with Crippen molar-refractivity contribution in [3.63, 3.8) is 0 Å². The van der Waals surface area contributed by atoms with E-state index < -0.39 is 17.6 Å². The average molecular weight is 259 g/mol. The number of carbonyl (C=O) groups excluding carboxylic acids is 2. The summed E-state index contributed by atoms with van der Waals surface area (Å²) < 4.78 is 10.7. The molecule has 0 aromatic heterocycles. The first-order valence-electron chi connectivity index (χ1n) is 6.04. The van der Waals surface area contributed by atoms with Crippen molar-refractivity contribution in [3.8, 4) is 0 Å². The molecular weight excluding hydrogens is 234 g/mol. The zero-order valence-corrected chi connectivity index (χ0v) is 12.4. The van der Waals surface area contributed by atoms with Crippen LogP contribution in [0.25, 0.3) is 0 Å². The molecule has 0 fully saturated rings. The zero-order valence-electron chi connectivity index (χ0n) is 12.4. The molecule has 18 heavy (non-hydrogen) atoms. The van der Waals surface area contributed by atoms with Gasteiger partial charge >= 0.3 is 5.97 Å². The monoisotopic (exact) mass is 259 g/mol. The summed E-state index contributed by atoms with van der Waals surface area (Å²) in [6.45, 7) is 12.4. The fourth-order valence-corrected chi connectivity index (χ4v) is 1.12.